The number of rotatable bonds is 5. The number of hydrogen-bond acceptors (Lipinski definition) is 4. The highest BCUT2D eigenvalue weighted by Crippen LogP contribution is 2.28. The van der Waals surface area contributed by atoms with Crippen molar-refractivity contribution in [1.29, 1.82) is 0 Å². The molecule has 0 radical (unpaired) electrons. The van der Waals surface area contributed by atoms with Crippen molar-refractivity contribution in [2.75, 3.05) is 5.32 Å². The molecule has 3 N–H and O–H groups in total. The first-order valence-electron chi connectivity index (χ1n) is 8.92. The molecule has 6 heteroatoms. The Morgan fingerprint density at radius 1 is 0.964 bits per heavy atom. The van der Waals surface area contributed by atoms with Crippen LogP contribution in [0.2, 0.25) is 0 Å². The molecule has 1 heterocycles. The van der Waals surface area contributed by atoms with Crippen LogP contribution in [0.3, 0.4) is 0 Å². The van der Waals surface area contributed by atoms with E-state index in [1.807, 2.05) is 68.4 Å². The van der Waals surface area contributed by atoms with Crippen LogP contribution >= 0.6 is 11.3 Å². The van der Waals surface area contributed by atoms with Crippen molar-refractivity contribution in [3.63, 3.8) is 0 Å². The fourth-order valence-corrected chi connectivity index (χ4v) is 3.72. The lowest BCUT2D eigenvalue weighted by Crippen LogP contribution is -2.35. The fourth-order valence-electron chi connectivity index (χ4n) is 2.75. The SMILES string of the molecule is Cc1cccc(NC(=O)C(=O)NCc2ccc([C@@H](O)c3ccccc3)s2)c1C. The smallest absolute Gasteiger partial charge is 0.313 e. The zero-order chi connectivity index (χ0) is 20.1. The highest BCUT2D eigenvalue weighted by Gasteiger charge is 2.16. The molecule has 144 valence electrons. The average molecular weight is 394 g/mol. The van der Waals surface area contributed by atoms with E-state index in [9.17, 15) is 14.7 Å². The van der Waals surface area contributed by atoms with Gasteiger partial charge in [-0.1, -0.05) is 42.5 Å². The third kappa shape index (κ3) is 4.65. The van der Waals surface area contributed by atoms with Crippen molar-refractivity contribution in [2.45, 2.75) is 26.5 Å². The van der Waals surface area contributed by atoms with E-state index in [0.29, 0.717) is 5.69 Å². The summed E-state index contributed by atoms with van der Waals surface area (Å²) in [4.78, 5) is 25.9. The molecule has 2 aromatic carbocycles. The standard InChI is InChI=1S/C22H22N2O3S/c1-14-7-6-10-18(15(14)2)24-22(27)21(26)23-13-17-11-12-19(28-17)20(25)16-8-4-3-5-9-16/h3-12,20,25H,13H2,1-2H3,(H,23,26)(H,24,27)/t20-/m0/s1. The number of thiophene rings is 1. The van der Waals surface area contributed by atoms with E-state index in [0.717, 1.165) is 26.4 Å². The van der Waals surface area contributed by atoms with Crippen LogP contribution in [0, 0.1) is 13.8 Å². The van der Waals surface area contributed by atoms with E-state index in [2.05, 4.69) is 10.6 Å². The second-order valence-electron chi connectivity index (χ2n) is 6.50. The largest absolute Gasteiger partial charge is 0.383 e. The molecule has 2 amide bonds. The molecular formula is C22H22N2O3S. The number of amides is 2. The van der Waals surface area contributed by atoms with Crippen LogP contribution in [0.5, 0.6) is 0 Å². The van der Waals surface area contributed by atoms with Gasteiger partial charge in [0.2, 0.25) is 0 Å². The van der Waals surface area contributed by atoms with Crippen LogP contribution < -0.4 is 10.6 Å². The lowest BCUT2D eigenvalue weighted by Gasteiger charge is -2.10. The maximum Gasteiger partial charge on any atom is 0.313 e. The Morgan fingerprint density at radius 3 is 2.46 bits per heavy atom. The van der Waals surface area contributed by atoms with Gasteiger partial charge in [0.1, 0.15) is 6.10 Å². The Labute approximate surface area is 168 Å². The maximum absolute atomic E-state index is 12.1. The number of carbonyl (C=O) groups excluding carboxylic acids is 2. The lowest BCUT2D eigenvalue weighted by atomic mass is 10.1. The summed E-state index contributed by atoms with van der Waals surface area (Å²) in [5.41, 5.74) is 3.42. The zero-order valence-corrected chi connectivity index (χ0v) is 16.5. The molecule has 0 saturated heterocycles. The van der Waals surface area contributed by atoms with Gasteiger partial charge in [-0.05, 0) is 48.7 Å². The van der Waals surface area contributed by atoms with E-state index < -0.39 is 17.9 Å². The van der Waals surface area contributed by atoms with Gasteiger partial charge in [0.25, 0.3) is 0 Å². The van der Waals surface area contributed by atoms with E-state index in [4.69, 9.17) is 0 Å². The molecule has 1 atom stereocenters. The first-order chi connectivity index (χ1) is 13.5. The minimum atomic E-state index is -0.705. The maximum atomic E-state index is 12.1. The number of nitrogens with one attached hydrogen (secondary N) is 2. The first kappa shape index (κ1) is 19.8. The normalized spacial score (nSPS) is 11.7. The predicted octanol–water partition coefficient (Wildman–Crippen LogP) is 3.70. The molecule has 0 spiro atoms. The van der Waals surface area contributed by atoms with Gasteiger partial charge in [-0.2, -0.15) is 0 Å². The second kappa shape index (κ2) is 8.82. The monoisotopic (exact) mass is 394 g/mol. The Bertz CT molecular complexity index is 982. The third-order valence-corrected chi connectivity index (χ3v) is 5.69. The first-order valence-corrected chi connectivity index (χ1v) is 9.74. The molecule has 0 unspecified atom stereocenters. The predicted molar refractivity (Wildman–Crippen MR) is 111 cm³/mol. The van der Waals surface area contributed by atoms with E-state index in [1.165, 1.54) is 11.3 Å². The number of hydrogen-bond donors (Lipinski definition) is 3. The molecular weight excluding hydrogens is 372 g/mol. The minimum Gasteiger partial charge on any atom is -0.383 e. The summed E-state index contributed by atoms with van der Waals surface area (Å²) in [5.74, 6) is -1.39. The van der Waals surface area contributed by atoms with Crippen LogP contribution in [0.1, 0.15) is 32.5 Å². The molecule has 0 saturated carbocycles. The molecule has 3 rings (SSSR count). The lowest BCUT2D eigenvalue weighted by molar-refractivity contribution is -0.136. The summed E-state index contributed by atoms with van der Waals surface area (Å²) in [7, 11) is 0. The summed E-state index contributed by atoms with van der Waals surface area (Å²) in [6, 6.07) is 18.6. The third-order valence-electron chi connectivity index (χ3n) is 4.55. The van der Waals surface area contributed by atoms with Crippen molar-refractivity contribution in [3.05, 3.63) is 87.1 Å². The second-order valence-corrected chi connectivity index (χ2v) is 7.70. The number of carbonyl (C=O) groups is 2. The van der Waals surface area contributed by atoms with E-state index in [-0.39, 0.29) is 6.54 Å². The van der Waals surface area contributed by atoms with Crippen molar-refractivity contribution in [2.24, 2.45) is 0 Å². The molecule has 28 heavy (non-hydrogen) atoms. The summed E-state index contributed by atoms with van der Waals surface area (Å²) in [6.45, 7) is 4.07. The average Bonchev–Trinajstić information content (AvgIpc) is 3.18. The Balaban J connectivity index is 1.57. The number of aliphatic hydroxyl groups is 1. The fraction of sp³-hybridized carbons (Fsp3) is 0.182. The molecule has 5 nitrogen and oxygen atoms in total. The van der Waals surface area contributed by atoms with Crippen LogP contribution in [0.4, 0.5) is 5.69 Å². The molecule has 0 aliphatic heterocycles. The highest BCUT2D eigenvalue weighted by molar-refractivity contribution is 7.12. The van der Waals surface area contributed by atoms with Gasteiger partial charge < -0.3 is 15.7 Å². The quantitative estimate of drug-likeness (QED) is 0.578. The van der Waals surface area contributed by atoms with Crippen molar-refractivity contribution in [1.82, 2.24) is 5.32 Å². The van der Waals surface area contributed by atoms with Gasteiger partial charge in [-0.15, -0.1) is 11.3 Å². The number of aryl methyl sites for hydroxylation is 1. The van der Waals surface area contributed by atoms with Gasteiger partial charge in [-0.25, -0.2) is 0 Å². The molecule has 0 aliphatic carbocycles. The number of aliphatic hydroxyl groups excluding tert-OH is 1. The van der Waals surface area contributed by atoms with Gasteiger partial charge in [-0.3, -0.25) is 9.59 Å². The van der Waals surface area contributed by atoms with Crippen LogP contribution in [0.25, 0.3) is 0 Å². The van der Waals surface area contributed by atoms with Gasteiger partial charge >= 0.3 is 11.8 Å². The number of anilines is 1. The highest BCUT2D eigenvalue weighted by atomic mass is 32.1. The molecule has 3 aromatic rings. The van der Waals surface area contributed by atoms with Gasteiger partial charge in [0, 0.05) is 15.4 Å². The van der Waals surface area contributed by atoms with Crippen LogP contribution in [-0.2, 0) is 16.1 Å². The summed E-state index contributed by atoms with van der Waals surface area (Å²) in [5, 5.41) is 15.7. The number of benzene rings is 2. The minimum absolute atomic E-state index is 0.227. The molecule has 1 aromatic heterocycles. The van der Waals surface area contributed by atoms with Gasteiger partial charge in [0.15, 0.2) is 0 Å². The molecule has 0 fully saturated rings. The van der Waals surface area contributed by atoms with E-state index in [1.54, 1.807) is 6.07 Å². The molecule has 0 aliphatic rings. The summed E-state index contributed by atoms with van der Waals surface area (Å²) < 4.78 is 0. The topological polar surface area (TPSA) is 78.4 Å². The molecule has 0 bridgehead atoms. The Morgan fingerprint density at radius 2 is 1.71 bits per heavy atom. The van der Waals surface area contributed by atoms with E-state index >= 15 is 0 Å². The van der Waals surface area contributed by atoms with Gasteiger partial charge in [0.05, 0.1) is 6.54 Å². The Hall–Kier alpha value is -2.96. The van der Waals surface area contributed by atoms with Crippen LogP contribution in [-0.4, -0.2) is 16.9 Å². The Kier molecular flexibility index (Phi) is 6.23. The summed E-state index contributed by atoms with van der Waals surface area (Å²) >= 11 is 1.40. The zero-order valence-electron chi connectivity index (χ0n) is 15.7. The summed E-state index contributed by atoms with van der Waals surface area (Å²) in [6.07, 6.45) is -0.705. The van der Waals surface area contributed by atoms with Crippen molar-refractivity contribution in [3.8, 4) is 0 Å². The van der Waals surface area contributed by atoms with Crippen LogP contribution in [0.15, 0.2) is 60.7 Å². The van der Waals surface area contributed by atoms with Crippen molar-refractivity contribution < 1.29 is 14.7 Å². The van der Waals surface area contributed by atoms with Crippen molar-refractivity contribution >= 4 is 28.8 Å².